The van der Waals surface area contributed by atoms with Crippen molar-refractivity contribution in [3.05, 3.63) is 52.0 Å². The number of anilines is 3. The number of halogens is 2. The third-order valence-corrected chi connectivity index (χ3v) is 3.19. The molecular weight excluding hydrogens is 255 g/mol. The Morgan fingerprint density at radius 2 is 1.76 bits per heavy atom. The molecule has 88 valence electrons. The first-order valence-corrected chi connectivity index (χ1v) is 5.90. The summed E-state index contributed by atoms with van der Waals surface area (Å²) in [7, 11) is 0. The van der Waals surface area contributed by atoms with Crippen molar-refractivity contribution in [1.29, 1.82) is 0 Å². The molecule has 3 N–H and O–H groups in total. The molecule has 17 heavy (non-hydrogen) atoms. The lowest BCUT2D eigenvalue weighted by Gasteiger charge is -2.10. The van der Waals surface area contributed by atoms with Gasteiger partial charge in [-0.2, -0.15) is 0 Å². The van der Waals surface area contributed by atoms with Gasteiger partial charge in [-0.15, -0.1) is 0 Å². The van der Waals surface area contributed by atoms with E-state index < -0.39 is 0 Å². The van der Waals surface area contributed by atoms with E-state index in [4.69, 9.17) is 28.9 Å². The summed E-state index contributed by atoms with van der Waals surface area (Å²) in [6.07, 6.45) is 0. The Hall–Kier alpha value is -1.38. The minimum absolute atomic E-state index is 0.532. The molecule has 0 aliphatic heterocycles. The second-order valence-corrected chi connectivity index (χ2v) is 4.64. The van der Waals surface area contributed by atoms with Crippen LogP contribution in [0.15, 0.2) is 36.4 Å². The summed E-state index contributed by atoms with van der Waals surface area (Å²) in [5.41, 5.74) is 9.42. The minimum atomic E-state index is 0.532. The summed E-state index contributed by atoms with van der Waals surface area (Å²) in [5, 5.41) is 4.35. The molecule has 0 aromatic heterocycles. The fourth-order valence-corrected chi connectivity index (χ4v) is 1.85. The molecular formula is C13H12Cl2N2. The fraction of sp³-hybridized carbons (Fsp3) is 0.0769. The van der Waals surface area contributed by atoms with Gasteiger partial charge >= 0.3 is 0 Å². The molecule has 0 fully saturated rings. The molecule has 0 amide bonds. The number of nitrogens with two attached hydrogens (primary N) is 1. The summed E-state index contributed by atoms with van der Waals surface area (Å²) >= 11 is 11.8. The van der Waals surface area contributed by atoms with Crippen LogP contribution < -0.4 is 11.1 Å². The number of hydrogen-bond donors (Lipinski definition) is 2. The zero-order chi connectivity index (χ0) is 12.4. The van der Waals surface area contributed by atoms with E-state index in [-0.39, 0.29) is 0 Å². The number of nitrogens with one attached hydrogen (secondary N) is 1. The SMILES string of the molecule is Cc1cc(N)ccc1Nc1ccc(Cl)c(Cl)c1. The second-order valence-electron chi connectivity index (χ2n) is 3.83. The molecule has 2 aromatic rings. The van der Waals surface area contributed by atoms with Gasteiger partial charge in [-0.3, -0.25) is 0 Å². The maximum absolute atomic E-state index is 5.95. The van der Waals surface area contributed by atoms with Crippen LogP contribution in [0, 0.1) is 6.92 Å². The number of hydrogen-bond acceptors (Lipinski definition) is 2. The van der Waals surface area contributed by atoms with Crippen molar-refractivity contribution in [2.75, 3.05) is 11.1 Å². The lowest BCUT2D eigenvalue weighted by Crippen LogP contribution is -1.94. The number of rotatable bonds is 2. The molecule has 0 atom stereocenters. The molecule has 0 spiro atoms. The van der Waals surface area contributed by atoms with Gasteiger partial charge in [-0.1, -0.05) is 23.2 Å². The largest absolute Gasteiger partial charge is 0.399 e. The molecule has 0 aliphatic rings. The number of benzene rings is 2. The third kappa shape index (κ3) is 2.84. The van der Waals surface area contributed by atoms with Gasteiger partial charge in [0.15, 0.2) is 0 Å². The molecule has 0 saturated carbocycles. The summed E-state index contributed by atoms with van der Waals surface area (Å²) in [6, 6.07) is 11.1. The average molecular weight is 267 g/mol. The van der Waals surface area contributed by atoms with Crippen molar-refractivity contribution in [3.8, 4) is 0 Å². The molecule has 0 aliphatic carbocycles. The van der Waals surface area contributed by atoms with Gasteiger partial charge in [0.05, 0.1) is 10.0 Å². The number of aryl methyl sites for hydroxylation is 1. The highest BCUT2D eigenvalue weighted by molar-refractivity contribution is 6.42. The fourth-order valence-electron chi connectivity index (χ4n) is 1.56. The predicted molar refractivity (Wildman–Crippen MR) is 75.3 cm³/mol. The Balaban J connectivity index is 2.28. The number of nitrogen functional groups attached to an aromatic ring is 1. The molecule has 0 saturated heterocycles. The van der Waals surface area contributed by atoms with E-state index in [9.17, 15) is 0 Å². The maximum atomic E-state index is 5.95. The average Bonchev–Trinajstić information content (AvgIpc) is 2.27. The summed E-state index contributed by atoms with van der Waals surface area (Å²) in [4.78, 5) is 0. The molecule has 2 aromatic carbocycles. The van der Waals surface area contributed by atoms with E-state index in [1.807, 2.05) is 31.2 Å². The Labute approximate surface area is 110 Å². The van der Waals surface area contributed by atoms with Gasteiger partial charge in [0, 0.05) is 17.1 Å². The van der Waals surface area contributed by atoms with Crippen LogP contribution >= 0.6 is 23.2 Å². The van der Waals surface area contributed by atoms with E-state index in [1.165, 1.54) is 0 Å². The van der Waals surface area contributed by atoms with Crippen molar-refractivity contribution in [2.45, 2.75) is 6.92 Å². The molecule has 0 radical (unpaired) electrons. The van der Waals surface area contributed by atoms with Crippen LogP contribution in [0.4, 0.5) is 17.1 Å². The summed E-state index contributed by atoms with van der Waals surface area (Å²) < 4.78 is 0. The Morgan fingerprint density at radius 1 is 1.00 bits per heavy atom. The lowest BCUT2D eigenvalue weighted by molar-refractivity contribution is 1.43. The summed E-state index contributed by atoms with van der Waals surface area (Å²) in [6.45, 7) is 2.00. The quantitative estimate of drug-likeness (QED) is 0.778. The Morgan fingerprint density at radius 3 is 2.41 bits per heavy atom. The van der Waals surface area contributed by atoms with Crippen LogP contribution in [0.5, 0.6) is 0 Å². The van der Waals surface area contributed by atoms with Gasteiger partial charge < -0.3 is 11.1 Å². The first-order valence-electron chi connectivity index (χ1n) is 5.14. The van der Waals surface area contributed by atoms with Crippen molar-refractivity contribution in [3.63, 3.8) is 0 Å². The molecule has 4 heteroatoms. The molecule has 2 nitrogen and oxygen atoms in total. The highest BCUT2D eigenvalue weighted by Gasteiger charge is 2.02. The smallest absolute Gasteiger partial charge is 0.0612 e. The van der Waals surface area contributed by atoms with Crippen LogP contribution in [0.3, 0.4) is 0 Å². The van der Waals surface area contributed by atoms with E-state index in [2.05, 4.69) is 5.32 Å². The van der Waals surface area contributed by atoms with E-state index in [0.717, 1.165) is 22.6 Å². The zero-order valence-corrected chi connectivity index (χ0v) is 10.8. The van der Waals surface area contributed by atoms with Crippen LogP contribution in [0.2, 0.25) is 10.0 Å². The Kier molecular flexibility index (Phi) is 3.46. The Bertz CT molecular complexity index is 553. The predicted octanol–water partition coefficient (Wildman–Crippen LogP) is 4.63. The second kappa shape index (κ2) is 4.86. The van der Waals surface area contributed by atoms with Crippen molar-refractivity contribution in [1.82, 2.24) is 0 Å². The maximum Gasteiger partial charge on any atom is 0.0612 e. The molecule has 0 unspecified atom stereocenters. The first-order chi connectivity index (χ1) is 8.06. The van der Waals surface area contributed by atoms with Crippen LogP contribution in [-0.4, -0.2) is 0 Å². The highest BCUT2D eigenvalue weighted by Crippen LogP contribution is 2.28. The van der Waals surface area contributed by atoms with Gasteiger partial charge in [0.1, 0.15) is 0 Å². The first kappa shape index (κ1) is 12.1. The lowest BCUT2D eigenvalue weighted by atomic mass is 10.1. The molecule has 2 rings (SSSR count). The van der Waals surface area contributed by atoms with Gasteiger partial charge in [-0.05, 0) is 48.9 Å². The minimum Gasteiger partial charge on any atom is -0.399 e. The van der Waals surface area contributed by atoms with Crippen LogP contribution in [0.1, 0.15) is 5.56 Å². The topological polar surface area (TPSA) is 38.0 Å². The van der Waals surface area contributed by atoms with Crippen molar-refractivity contribution >= 4 is 40.3 Å². The highest BCUT2D eigenvalue weighted by atomic mass is 35.5. The molecule has 0 heterocycles. The van der Waals surface area contributed by atoms with E-state index in [1.54, 1.807) is 12.1 Å². The van der Waals surface area contributed by atoms with Gasteiger partial charge in [0.25, 0.3) is 0 Å². The van der Waals surface area contributed by atoms with E-state index >= 15 is 0 Å². The standard InChI is InChI=1S/C13H12Cl2N2/c1-8-6-9(16)2-5-13(8)17-10-3-4-11(14)12(15)7-10/h2-7,17H,16H2,1H3. The van der Waals surface area contributed by atoms with Crippen LogP contribution in [0.25, 0.3) is 0 Å². The van der Waals surface area contributed by atoms with Gasteiger partial charge in [0.2, 0.25) is 0 Å². The normalized spacial score (nSPS) is 10.3. The van der Waals surface area contributed by atoms with E-state index in [0.29, 0.717) is 10.0 Å². The zero-order valence-electron chi connectivity index (χ0n) is 9.30. The third-order valence-electron chi connectivity index (χ3n) is 2.45. The summed E-state index contributed by atoms with van der Waals surface area (Å²) in [5.74, 6) is 0. The molecule has 0 bridgehead atoms. The van der Waals surface area contributed by atoms with Crippen molar-refractivity contribution in [2.24, 2.45) is 0 Å². The van der Waals surface area contributed by atoms with Gasteiger partial charge in [-0.25, -0.2) is 0 Å². The monoisotopic (exact) mass is 266 g/mol. The van der Waals surface area contributed by atoms with Crippen LogP contribution in [-0.2, 0) is 0 Å². The van der Waals surface area contributed by atoms with Crippen molar-refractivity contribution < 1.29 is 0 Å².